The molecule has 94 valence electrons. The molecule has 1 N–H and O–H groups in total. The van der Waals surface area contributed by atoms with Gasteiger partial charge in [-0.15, -0.1) is 0 Å². The smallest absolute Gasteiger partial charge is 0.166 e. The molecule has 1 fully saturated rings. The number of hydrogen-bond donors (Lipinski definition) is 1. The Morgan fingerprint density at radius 2 is 2.47 bits per heavy atom. The molecule has 0 saturated carbocycles. The third-order valence-corrected chi connectivity index (χ3v) is 3.51. The summed E-state index contributed by atoms with van der Waals surface area (Å²) in [5.74, 6) is 0.739. The summed E-state index contributed by atoms with van der Waals surface area (Å²) in [7, 11) is 1.90. The van der Waals surface area contributed by atoms with Gasteiger partial charge in [-0.25, -0.2) is 9.37 Å². The topological polar surface area (TPSA) is 28.2 Å². The van der Waals surface area contributed by atoms with Crippen LogP contribution in [0, 0.1) is 11.7 Å². The molecule has 0 aliphatic carbocycles. The van der Waals surface area contributed by atoms with Crippen molar-refractivity contribution in [2.75, 3.05) is 31.6 Å². The quantitative estimate of drug-likeness (QED) is 0.929. The number of halogens is 2. The Hall–Kier alpha value is -0.680. The Bertz CT molecular complexity index is 380. The van der Waals surface area contributed by atoms with Crippen molar-refractivity contribution in [3.05, 3.63) is 22.6 Å². The zero-order chi connectivity index (χ0) is 12.3. The van der Waals surface area contributed by atoms with Crippen LogP contribution in [-0.2, 0) is 0 Å². The lowest BCUT2D eigenvalue weighted by Crippen LogP contribution is -2.37. The molecule has 0 radical (unpaired) electrons. The van der Waals surface area contributed by atoms with E-state index in [1.165, 1.54) is 18.9 Å². The van der Waals surface area contributed by atoms with E-state index in [0.29, 0.717) is 16.2 Å². The molecule has 1 aliphatic heterocycles. The van der Waals surface area contributed by atoms with Crippen LogP contribution in [0.3, 0.4) is 0 Å². The minimum atomic E-state index is -0.273. The maximum absolute atomic E-state index is 13.7. The van der Waals surface area contributed by atoms with Crippen molar-refractivity contribution < 1.29 is 4.39 Å². The van der Waals surface area contributed by atoms with Crippen LogP contribution < -0.4 is 10.2 Å². The summed E-state index contributed by atoms with van der Waals surface area (Å²) in [4.78, 5) is 6.03. The van der Waals surface area contributed by atoms with Gasteiger partial charge in [-0.1, -0.05) is 0 Å². The molecule has 0 amide bonds. The van der Waals surface area contributed by atoms with Gasteiger partial charge >= 0.3 is 0 Å². The number of anilines is 1. The molecular weight excluding hydrogens is 285 g/mol. The van der Waals surface area contributed by atoms with Crippen LogP contribution in [0.4, 0.5) is 10.2 Å². The van der Waals surface area contributed by atoms with Gasteiger partial charge < -0.3 is 10.2 Å². The molecule has 3 nitrogen and oxygen atoms in total. The second-order valence-electron chi connectivity index (χ2n) is 4.55. The van der Waals surface area contributed by atoms with E-state index >= 15 is 0 Å². The number of aromatic nitrogens is 1. The Morgan fingerprint density at radius 3 is 3.12 bits per heavy atom. The minimum absolute atomic E-state index is 0.273. The molecule has 0 spiro atoms. The van der Waals surface area contributed by atoms with Gasteiger partial charge in [0.2, 0.25) is 0 Å². The Labute approximate surface area is 110 Å². The van der Waals surface area contributed by atoms with Gasteiger partial charge in [-0.2, -0.15) is 0 Å². The van der Waals surface area contributed by atoms with Gasteiger partial charge in [0.1, 0.15) is 0 Å². The average molecular weight is 302 g/mol. The van der Waals surface area contributed by atoms with Gasteiger partial charge in [0, 0.05) is 24.3 Å². The summed E-state index contributed by atoms with van der Waals surface area (Å²) in [6.45, 7) is 2.96. The molecule has 1 unspecified atom stereocenters. The molecule has 0 aromatic carbocycles. The van der Waals surface area contributed by atoms with Gasteiger partial charge in [0.15, 0.2) is 11.6 Å². The summed E-state index contributed by atoms with van der Waals surface area (Å²) >= 11 is 3.21. The first kappa shape index (κ1) is 12.8. The van der Waals surface area contributed by atoms with Gasteiger partial charge in [-0.05, 0) is 53.8 Å². The first-order chi connectivity index (χ1) is 8.16. The Balaban J connectivity index is 2.00. The highest BCUT2D eigenvalue weighted by molar-refractivity contribution is 9.10. The standard InChI is InChI=1S/C12H17BrFN3/c1-17(8-9-3-2-4-15-6-9)12-11(14)5-10(13)7-16-12/h5,7,9,15H,2-4,6,8H2,1H3. The van der Waals surface area contributed by atoms with E-state index < -0.39 is 0 Å². The summed E-state index contributed by atoms with van der Waals surface area (Å²) in [5, 5.41) is 3.37. The maximum Gasteiger partial charge on any atom is 0.166 e. The van der Waals surface area contributed by atoms with Crippen LogP contribution in [0.5, 0.6) is 0 Å². The number of nitrogens with zero attached hydrogens (tertiary/aromatic N) is 2. The fourth-order valence-electron chi connectivity index (χ4n) is 2.24. The second-order valence-corrected chi connectivity index (χ2v) is 5.47. The van der Waals surface area contributed by atoms with Crippen LogP contribution in [0.15, 0.2) is 16.7 Å². The lowest BCUT2D eigenvalue weighted by Gasteiger charge is -2.28. The van der Waals surface area contributed by atoms with E-state index in [1.807, 2.05) is 11.9 Å². The molecule has 17 heavy (non-hydrogen) atoms. The van der Waals surface area contributed by atoms with Gasteiger partial charge in [0.05, 0.1) is 0 Å². The maximum atomic E-state index is 13.7. The van der Waals surface area contributed by atoms with E-state index in [2.05, 4.69) is 26.2 Å². The lowest BCUT2D eigenvalue weighted by atomic mass is 9.99. The predicted octanol–water partition coefficient (Wildman–Crippen LogP) is 2.42. The second kappa shape index (κ2) is 5.78. The molecule has 1 aromatic heterocycles. The number of rotatable bonds is 3. The van der Waals surface area contributed by atoms with Crippen LogP contribution in [0.1, 0.15) is 12.8 Å². The fourth-order valence-corrected chi connectivity index (χ4v) is 2.55. The molecule has 1 saturated heterocycles. The highest BCUT2D eigenvalue weighted by Crippen LogP contribution is 2.21. The first-order valence-corrected chi connectivity index (χ1v) is 6.69. The van der Waals surface area contributed by atoms with Crippen molar-refractivity contribution in [2.24, 2.45) is 5.92 Å². The van der Waals surface area contributed by atoms with Crippen LogP contribution in [0.25, 0.3) is 0 Å². The largest absolute Gasteiger partial charge is 0.357 e. The predicted molar refractivity (Wildman–Crippen MR) is 70.8 cm³/mol. The zero-order valence-corrected chi connectivity index (χ0v) is 11.5. The van der Waals surface area contributed by atoms with E-state index in [9.17, 15) is 4.39 Å². The molecular formula is C12H17BrFN3. The molecule has 2 heterocycles. The first-order valence-electron chi connectivity index (χ1n) is 5.89. The Kier molecular flexibility index (Phi) is 4.34. The normalized spacial score (nSPS) is 20.3. The highest BCUT2D eigenvalue weighted by atomic mass is 79.9. The number of piperidine rings is 1. The summed E-state index contributed by atoms with van der Waals surface area (Å²) in [6.07, 6.45) is 4.04. The molecule has 2 rings (SSSR count). The highest BCUT2D eigenvalue weighted by Gasteiger charge is 2.17. The molecule has 1 atom stereocenters. The molecule has 1 aromatic rings. The van der Waals surface area contributed by atoms with Crippen molar-refractivity contribution in [3.8, 4) is 0 Å². The summed E-state index contributed by atoms with van der Waals surface area (Å²) < 4.78 is 14.4. The van der Waals surface area contributed by atoms with Crippen molar-refractivity contribution >= 4 is 21.7 Å². The lowest BCUT2D eigenvalue weighted by molar-refractivity contribution is 0.379. The SMILES string of the molecule is CN(CC1CCCNC1)c1ncc(Br)cc1F. The number of pyridine rings is 1. The van der Waals surface area contributed by atoms with Crippen LogP contribution >= 0.6 is 15.9 Å². The van der Waals surface area contributed by atoms with E-state index in [1.54, 1.807) is 6.20 Å². The minimum Gasteiger partial charge on any atom is -0.357 e. The van der Waals surface area contributed by atoms with Crippen LogP contribution in [0.2, 0.25) is 0 Å². The molecule has 0 bridgehead atoms. The van der Waals surface area contributed by atoms with Crippen molar-refractivity contribution in [3.63, 3.8) is 0 Å². The van der Waals surface area contributed by atoms with E-state index in [4.69, 9.17) is 0 Å². The van der Waals surface area contributed by atoms with Crippen molar-refractivity contribution in [1.29, 1.82) is 0 Å². The van der Waals surface area contributed by atoms with Crippen molar-refractivity contribution in [1.82, 2.24) is 10.3 Å². The fraction of sp³-hybridized carbons (Fsp3) is 0.583. The average Bonchev–Trinajstić information content (AvgIpc) is 2.30. The Morgan fingerprint density at radius 1 is 1.65 bits per heavy atom. The van der Waals surface area contributed by atoms with E-state index in [0.717, 1.165) is 19.6 Å². The summed E-state index contributed by atoms with van der Waals surface area (Å²) in [5.41, 5.74) is 0. The number of nitrogens with one attached hydrogen (secondary N) is 1. The third-order valence-electron chi connectivity index (χ3n) is 3.08. The summed E-state index contributed by atoms with van der Waals surface area (Å²) in [6, 6.07) is 1.46. The molecule has 5 heteroatoms. The molecule has 1 aliphatic rings. The monoisotopic (exact) mass is 301 g/mol. The zero-order valence-electron chi connectivity index (χ0n) is 9.92. The van der Waals surface area contributed by atoms with Gasteiger partial charge in [-0.3, -0.25) is 0 Å². The third kappa shape index (κ3) is 3.39. The van der Waals surface area contributed by atoms with Gasteiger partial charge in [0.25, 0.3) is 0 Å². The van der Waals surface area contributed by atoms with Crippen LogP contribution in [-0.4, -0.2) is 31.7 Å². The van der Waals surface area contributed by atoms with E-state index in [-0.39, 0.29) is 5.82 Å². The number of hydrogen-bond acceptors (Lipinski definition) is 3. The van der Waals surface area contributed by atoms with Crippen molar-refractivity contribution in [2.45, 2.75) is 12.8 Å².